The number of hydrogen-bond acceptors (Lipinski definition) is 5. The SMILES string of the molecule is NS(=O)(=O)c1ccc(N2CCCC2=O)cc1CCOc1ccc(C(=O)O)cc1. The van der Waals surface area contributed by atoms with Gasteiger partial charge in [-0.2, -0.15) is 0 Å². The van der Waals surface area contributed by atoms with Crippen LogP contribution in [0.25, 0.3) is 0 Å². The first-order valence-corrected chi connectivity index (χ1v) is 10.2. The van der Waals surface area contributed by atoms with Gasteiger partial charge < -0.3 is 14.7 Å². The summed E-state index contributed by atoms with van der Waals surface area (Å²) in [5.41, 5.74) is 1.24. The minimum absolute atomic E-state index is 0.00377. The summed E-state index contributed by atoms with van der Waals surface area (Å²) in [4.78, 5) is 24.4. The van der Waals surface area contributed by atoms with Gasteiger partial charge in [0.25, 0.3) is 0 Å². The average molecular weight is 404 g/mol. The van der Waals surface area contributed by atoms with E-state index in [-0.39, 0.29) is 29.4 Å². The highest BCUT2D eigenvalue weighted by Crippen LogP contribution is 2.26. The Hall–Kier alpha value is -2.91. The van der Waals surface area contributed by atoms with Crippen LogP contribution in [0.3, 0.4) is 0 Å². The third-order valence-electron chi connectivity index (χ3n) is 4.48. The van der Waals surface area contributed by atoms with Crippen LogP contribution in [0.15, 0.2) is 47.4 Å². The number of primary sulfonamides is 1. The third kappa shape index (κ3) is 4.49. The molecule has 1 amide bonds. The van der Waals surface area contributed by atoms with E-state index in [1.165, 1.54) is 30.3 Å². The molecule has 0 saturated carbocycles. The van der Waals surface area contributed by atoms with Gasteiger partial charge >= 0.3 is 5.97 Å². The molecular weight excluding hydrogens is 384 g/mol. The number of carbonyl (C=O) groups is 2. The molecule has 0 bridgehead atoms. The zero-order valence-corrected chi connectivity index (χ0v) is 15.8. The smallest absolute Gasteiger partial charge is 0.335 e. The van der Waals surface area contributed by atoms with E-state index in [0.717, 1.165) is 6.42 Å². The predicted octanol–water partition coefficient (Wildman–Crippen LogP) is 1.78. The van der Waals surface area contributed by atoms with Crippen molar-refractivity contribution in [2.24, 2.45) is 5.14 Å². The van der Waals surface area contributed by atoms with Crippen LogP contribution in [0.5, 0.6) is 5.75 Å². The van der Waals surface area contributed by atoms with Crippen LogP contribution in [-0.4, -0.2) is 38.6 Å². The number of nitrogens with two attached hydrogens (primary N) is 1. The molecule has 2 aromatic rings. The molecule has 1 heterocycles. The minimum atomic E-state index is -3.92. The van der Waals surface area contributed by atoms with Crippen LogP contribution in [0.4, 0.5) is 5.69 Å². The Balaban J connectivity index is 1.76. The summed E-state index contributed by atoms with van der Waals surface area (Å²) >= 11 is 0. The highest BCUT2D eigenvalue weighted by molar-refractivity contribution is 7.89. The molecule has 2 aromatic carbocycles. The fourth-order valence-electron chi connectivity index (χ4n) is 3.10. The van der Waals surface area contributed by atoms with Gasteiger partial charge in [0.2, 0.25) is 15.9 Å². The van der Waals surface area contributed by atoms with Gasteiger partial charge in [-0.3, -0.25) is 4.79 Å². The van der Waals surface area contributed by atoms with Crippen molar-refractivity contribution < 1.29 is 27.9 Å². The average Bonchev–Trinajstić information content (AvgIpc) is 3.07. The molecule has 1 fully saturated rings. The number of nitrogens with zero attached hydrogens (tertiary/aromatic N) is 1. The molecule has 1 saturated heterocycles. The van der Waals surface area contributed by atoms with Crippen molar-refractivity contribution in [1.29, 1.82) is 0 Å². The molecule has 1 aliphatic heterocycles. The van der Waals surface area contributed by atoms with E-state index in [1.54, 1.807) is 17.0 Å². The lowest BCUT2D eigenvalue weighted by Gasteiger charge is -2.18. The van der Waals surface area contributed by atoms with Gasteiger partial charge in [0.15, 0.2) is 0 Å². The van der Waals surface area contributed by atoms with E-state index < -0.39 is 16.0 Å². The Morgan fingerprint density at radius 1 is 1.18 bits per heavy atom. The third-order valence-corrected chi connectivity index (χ3v) is 5.49. The summed E-state index contributed by atoms with van der Waals surface area (Å²) in [5.74, 6) is -0.560. The molecule has 148 valence electrons. The molecule has 3 N–H and O–H groups in total. The van der Waals surface area contributed by atoms with Gasteiger partial charge in [0.05, 0.1) is 17.1 Å². The summed E-state index contributed by atoms with van der Waals surface area (Å²) < 4.78 is 29.4. The monoisotopic (exact) mass is 404 g/mol. The lowest BCUT2D eigenvalue weighted by atomic mass is 10.1. The lowest BCUT2D eigenvalue weighted by Crippen LogP contribution is -2.24. The molecule has 8 nitrogen and oxygen atoms in total. The summed E-state index contributed by atoms with van der Waals surface area (Å²) in [6.07, 6.45) is 1.49. The maximum atomic E-state index is 12.0. The molecule has 0 unspecified atom stereocenters. The number of sulfonamides is 1. The van der Waals surface area contributed by atoms with Crippen molar-refractivity contribution in [2.75, 3.05) is 18.1 Å². The Morgan fingerprint density at radius 2 is 1.89 bits per heavy atom. The van der Waals surface area contributed by atoms with Crippen molar-refractivity contribution in [3.05, 3.63) is 53.6 Å². The number of rotatable bonds is 7. The number of benzene rings is 2. The van der Waals surface area contributed by atoms with Crippen molar-refractivity contribution in [3.8, 4) is 5.75 Å². The Kier molecular flexibility index (Phi) is 5.66. The van der Waals surface area contributed by atoms with Crippen molar-refractivity contribution in [2.45, 2.75) is 24.2 Å². The zero-order valence-electron chi connectivity index (χ0n) is 15.0. The number of carboxylic acids is 1. The lowest BCUT2D eigenvalue weighted by molar-refractivity contribution is -0.117. The molecule has 0 radical (unpaired) electrons. The number of aromatic carboxylic acids is 1. The highest BCUT2D eigenvalue weighted by Gasteiger charge is 2.23. The van der Waals surface area contributed by atoms with Gasteiger partial charge in [-0.1, -0.05) is 0 Å². The molecule has 1 aliphatic rings. The summed E-state index contributed by atoms with van der Waals surface area (Å²) in [7, 11) is -3.92. The van der Waals surface area contributed by atoms with Gasteiger partial charge in [0.1, 0.15) is 5.75 Å². The summed E-state index contributed by atoms with van der Waals surface area (Å²) in [5, 5.41) is 14.2. The molecule has 0 aliphatic carbocycles. The second kappa shape index (κ2) is 7.99. The minimum Gasteiger partial charge on any atom is -0.493 e. The molecule has 0 atom stereocenters. The second-order valence-electron chi connectivity index (χ2n) is 6.41. The van der Waals surface area contributed by atoms with Crippen molar-refractivity contribution in [3.63, 3.8) is 0 Å². The van der Waals surface area contributed by atoms with E-state index in [1.807, 2.05) is 0 Å². The van der Waals surface area contributed by atoms with Gasteiger partial charge in [0, 0.05) is 25.1 Å². The van der Waals surface area contributed by atoms with Crippen LogP contribution in [0.1, 0.15) is 28.8 Å². The molecule has 0 aromatic heterocycles. The largest absolute Gasteiger partial charge is 0.493 e. The first-order chi connectivity index (χ1) is 13.3. The van der Waals surface area contributed by atoms with Gasteiger partial charge in [-0.15, -0.1) is 0 Å². The van der Waals surface area contributed by atoms with E-state index >= 15 is 0 Å². The maximum Gasteiger partial charge on any atom is 0.335 e. The molecule has 0 spiro atoms. The standard InChI is InChI=1S/C19H20N2O6S/c20-28(25,26)17-8-5-15(21-10-1-2-18(21)22)12-14(17)9-11-27-16-6-3-13(4-7-16)19(23)24/h3-8,12H,1-2,9-11H2,(H,23,24)(H2,20,25,26). The fraction of sp³-hybridized carbons (Fsp3) is 0.263. The van der Waals surface area contributed by atoms with E-state index in [2.05, 4.69) is 0 Å². The number of carbonyl (C=O) groups excluding carboxylic acids is 1. The first-order valence-electron chi connectivity index (χ1n) is 8.68. The predicted molar refractivity (Wildman–Crippen MR) is 102 cm³/mol. The van der Waals surface area contributed by atoms with Crippen LogP contribution in [0.2, 0.25) is 0 Å². The van der Waals surface area contributed by atoms with E-state index in [9.17, 15) is 18.0 Å². The van der Waals surface area contributed by atoms with Crippen LogP contribution in [-0.2, 0) is 21.2 Å². The Morgan fingerprint density at radius 3 is 2.46 bits per heavy atom. The van der Waals surface area contributed by atoms with Crippen molar-refractivity contribution >= 4 is 27.6 Å². The van der Waals surface area contributed by atoms with E-state index in [4.69, 9.17) is 15.0 Å². The quantitative estimate of drug-likeness (QED) is 0.724. The molecule has 9 heteroatoms. The second-order valence-corrected chi connectivity index (χ2v) is 7.94. The zero-order chi connectivity index (χ0) is 20.3. The fourth-order valence-corrected chi connectivity index (χ4v) is 3.88. The normalized spacial score (nSPS) is 14.3. The first kappa shape index (κ1) is 19.8. The topological polar surface area (TPSA) is 127 Å². The van der Waals surface area contributed by atoms with Crippen LogP contribution in [0, 0.1) is 0 Å². The Labute approximate surface area is 162 Å². The van der Waals surface area contributed by atoms with E-state index in [0.29, 0.717) is 30.0 Å². The summed E-state index contributed by atoms with van der Waals surface area (Å²) in [6.45, 7) is 0.756. The van der Waals surface area contributed by atoms with Crippen molar-refractivity contribution in [1.82, 2.24) is 0 Å². The summed E-state index contributed by atoms with van der Waals surface area (Å²) in [6, 6.07) is 10.6. The number of ether oxygens (including phenoxy) is 1. The number of anilines is 1. The molecule has 3 rings (SSSR count). The number of hydrogen-bond donors (Lipinski definition) is 2. The molecule has 28 heavy (non-hydrogen) atoms. The number of carboxylic acid groups (broad SMARTS) is 1. The maximum absolute atomic E-state index is 12.0. The number of amides is 1. The van der Waals surface area contributed by atoms with Gasteiger partial charge in [-0.05, 0) is 54.4 Å². The van der Waals surface area contributed by atoms with Gasteiger partial charge in [-0.25, -0.2) is 18.4 Å². The van der Waals surface area contributed by atoms with Crippen LogP contribution < -0.4 is 14.8 Å². The highest BCUT2D eigenvalue weighted by atomic mass is 32.2. The molecular formula is C19H20N2O6S. The van der Waals surface area contributed by atoms with Crippen LogP contribution >= 0.6 is 0 Å². The Bertz CT molecular complexity index is 1000.